The van der Waals surface area contributed by atoms with Crippen molar-refractivity contribution < 1.29 is 4.79 Å². The molecule has 7 heteroatoms. The molecule has 0 atom stereocenters. The van der Waals surface area contributed by atoms with Crippen LogP contribution in [0, 0.1) is 25.2 Å². The van der Waals surface area contributed by atoms with E-state index in [1.54, 1.807) is 11.1 Å². The molecule has 0 spiro atoms. The van der Waals surface area contributed by atoms with Gasteiger partial charge in [-0.25, -0.2) is 0 Å². The van der Waals surface area contributed by atoms with Gasteiger partial charge in [0.2, 0.25) is 5.17 Å². The van der Waals surface area contributed by atoms with Crippen LogP contribution in [-0.4, -0.2) is 31.5 Å². The number of hydrazone groups is 1. The van der Waals surface area contributed by atoms with Crippen LogP contribution < -0.4 is 0 Å². The molecule has 1 N–H and O–H groups in total. The van der Waals surface area contributed by atoms with Crippen LogP contribution in [0.1, 0.15) is 61.5 Å². The summed E-state index contributed by atoms with van der Waals surface area (Å²) in [6, 6.07) is 10.6. The van der Waals surface area contributed by atoms with Gasteiger partial charge in [0.15, 0.2) is 5.84 Å². The number of rotatable bonds is 4. The van der Waals surface area contributed by atoms with Crippen LogP contribution in [0.3, 0.4) is 0 Å². The lowest BCUT2D eigenvalue weighted by atomic mass is 9.90. The molecule has 3 heterocycles. The number of hydrogen-bond acceptors (Lipinski definition) is 4. The lowest BCUT2D eigenvalue weighted by Crippen LogP contribution is -2.35. The number of aliphatic imine (C=N–C) groups is 1. The molecule has 33 heavy (non-hydrogen) atoms. The van der Waals surface area contributed by atoms with Gasteiger partial charge >= 0.3 is 0 Å². The van der Waals surface area contributed by atoms with E-state index >= 15 is 0 Å². The Hall–Kier alpha value is -2.93. The van der Waals surface area contributed by atoms with Crippen molar-refractivity contribution in [2.24, 2.45) is 16.0 Å². The van der Waals surface area contributed by atoms with Crippen molar-refractivity contribution >= 4 is 39.8 Å². The van der Waals surface area contributed by atoms with Gasteiger partial charge in [0.1, 0.15) is 5.04 Å². The zero-order valence-electron chi connectivity index (χ0n) is 19.4. The van der Waals surface area contributed by atoms with Gasteiger partial charge in [-0.05, 0) is 80.3 Å². The van der Waals surface area contributed by atoms with Crippen molar-refractivity contribution in [1.29, 1.82) is 5.41 Å². The number of carbonyl (C=O) groups excluding carboxylic acids is 1. The summed E-state index contributed by atoms with van der Waals surface area (Å²) < 4.78 is 2.18. The van der Waals surface area contributed by atoms with E-state index in [1.807, 2.05) is 6.92 Å². The van der Waals surface area contributed by atoms with Crippen molar-refractivity contribution in [3.05, 3.63) is 58.4 Å². The molecule has 1 aromatic heterocycles. The molecule has 6 nitrogen and oxygen atoms in total. The first-order valence-electron chi connectivity index (χ1n) is 11.7. The lowest BCUT2D eigenvalue weighted by molar-refractivity contribution is -0.114. The summed E-state index contributed by atoms with van der Waals surface area (Å²) in [5, 5.41) is 16.5. The summed E-state index contributed by atoms with van der Waals surface area (Å²) >= 11 is 1.46. The number of amides is 1. The summed E-state index contributed by atoms with van der Waals surface area (Å²) in [5.41, 5.74) is 5.71. The van der Waals surface area contributed by atoms with Crippen LogP contribution in [0.4, 0.5) is 0 Å². The third-order valence-electron chi connectivity index (χ3n) is 6.80. The normalized spacial score (nSPS) is 20.3. The van der Waals surface area contributed by atoms with Crippen molar-refractivity contribution in [3.8, 4) is 5.69 Å². The standard InChI is InChI=1S/C26H29N5OS/c1-4-18-10-12-21(13-11-18)30-16(2)14-20(17(30)3)15-22-23(27)31-26(28-24(22)32)33-25(29-31)19-8-6-5-7-9-19/h10-15,19,27H,4-9H2,1-3H3. The minimum atomic E-state index is -0.365. The number of nitrogens with one attached hydrogen (secondary N) is 1. The maximum absolute atomic E-state index is 12.9. The van der Waals surface area contributed by atoms with Gasteiger partial charge in [-0.15, -0.1) is 0 Å². The van der Waals surface area contributed by atoms with E-state index < -0.39 is 0 Å². The molecule has 1 fully saturated rings. The molecular formula is C26H29N5OS. The highest BCUT2D eigenvalue weighted by Crippen LogP contribution is 2.36. The molecule has 0 radical (unpaired) electrons. The summed E-state index contributed by atoms with van der Waals surface area (Å²) in [6.07, 6.45) is 8.77. The smallest absolute Gasteiger partial charge is 0.283 e. The number of hydrogen-bond donors (Lipinski definition) is 1. The van der Waals surface area contributed by atoms with Crippen LogP contribution in [-0.2, 0) is 11.2 Å². The first-order valence-corrected chi connectivity index (χ1v) is 12.6. The minimum absolute atomic E-state index is 0.111. The maximum atomic E-state index is 12.9. The molecule has 3 aliphatic rings. The Morgan fingerprint density at radius 2 is 1.88 bits per heavy atom. The van der Waals surface area contributed by atoms with Gasteiger partial charge in [-0.3, -0.25) is 10.2 Å². The third-order valence-corrected chi connectivity index (χ3v) is 7.87. The Labute approximate surface area is 199 Å². The fraction of sp³-hybridized carbons (Fsp3) is 0.385. The molecule has 2 aromatic rings. The molecule has 0 saturated heterocycles. The second-order valence-corrected chi connectivity index (χ2v) is 9.96. The van der Waals surface area contributed by atoms with Crippen molar-refractivity contribution in [2.45, 2.75) is 59.3 Å². The number of benzene rings is 1. The average Bonchev–Trinajstić information content (AvgIpc) is 3.38. The van der Waals surface area contributed by atoms with Crippen molar-refractivity contribution in [3.63, 3.8) is 0 Å². The van der Waals surface area contributed by atoms with Crippen LogP contribution in [0.25, 0.3) is 11.8 Å². The molecule has 1 aromatic carbocycles. The van der Waals surface area contributed by atoms with Crippen molar-refractivity contribution in [1.82, 2.24) is 9.58 Å². The first-order chi connectivity index (χ1) is 16.0. The summed E-state index contributed by atoms with van der Waals surface area (Å²) in [7, 11) is 0. The molecule has 1 amide bonds. The predicted molar refractivity (Wildman–Crippen MR) is 136 cm³/mol. The highest BCUT2D eigenvalue weighted by atomic mass is 32.2. The first kappa shape index (κ1) is 21.9. The molecule has 1 aliphatic carbocycles. The largest absolute Gasteiger partial charge is 0.318 e. The fourth-order valence-electron chi connectivity index (χ4n) is 4.89. The van der Waals surface area contributed by atoms with Gasteiger partial charge in [-0.1, -0.05) is 38.3 Å². The number of aromatic nitrogens is 1. The second-order valence-electron chi connectivity index (χ2n) is 8.98. The molecule has 2 aliphatic heterocycles. The Balaban J connectivity index is 1.46. The van der Waals surface area contributed by atoms with E-state index in [0.717, 1.165) is 46.9 Å². The van der Waals surface area contributed by atoms with E-state index in [0.29, 0.717) is 11.1 Å². The van der Waals surface area contributed by atoms with E-state index in [-0.39, 0.29) is 17.3 Å². The Kier molecular flexibility index (Phi) is 5.83. The number of amidine groups is 2. The fourth-order valence-corrected chi connectivity index (χ4v) is 5.95. The van der Waals surface area contributed by atoms with Crippen LogP contribution in [0.15, 0.2) is 46.0 Å². The van der Waals surface area contributed by atoms with Gasteiger partial charge in [0.05, 0.1) is 5.57 Å². The van der Waals surface area contributed by atoms with E-state index in [9.17, 15) is 4.79 Å². The molecular weight excluding hydrogens is 430 g/mol. The molecule has 1 saturated carbocycles. The maximum Gasteiger partial charge on any atom is 0.283 e. The van der Waals surface area contributed by atoms with E-state index in [4.69, 9.17) is 10.5 Å². The molecule has 0 bridgehead atoms. The quantitative estimate of drug-likeness (QED) is 0.582. The number of carbonyl (C=O) groups is 1. The SMILES string of the molecule is CCc1ccc(-n2c(C)cc(C=C3C(=N)N4N=C(C5CCCCC5)SC4=NC3=O)c2C)cc1. The van der Waals surface area contributed by atoms with Crippen LogP contribution >= 0.6 is 11.8 Å². The lowest BCUT2D eigenvalue weighted by Gasteiger charge is -2.20. The Morgan fingerprint density at radius 1 is 1.15 bits per heavy atom. The number of thioether (sulfide) groups is 1. The Morgan fingerprint density at radius 3 is 2.58 bits per heavy atom. The Bertz CT molecular complexity index is 1210. The van der Waals surface area contributed by atoms with Crippen molar-refractivity contribution in [2.75, 3.05) is 0 Å². The monoisotopic (exact) mass is 459 g/mol. The molecule has 5 rings (SSSR count). The average molecular weight is 460 g/mol. The number of aryl methyl sites for hydroxylation is 2. The summed E-state index contributed by atoms with van der Waals surface area (Å²) in [6.45, 7) is 6.26. The van der Waals surface area contributed by atoms with Gasteiger partial charge in [-0.2, -0.15) is 15.1 Å². The minimum Gasteiger partial charge on any atom is -0.318 e. The van der Waals surface area contributed by atoms with E-state index in [1.165, 1.54) is 36.6 Å². The van der Waals surface area contributed by atoms with Crippen LogP contribution in [0.2, 0.25) is 0 Å². The highest BCUT2D eigenvalue weighted by Gasteiger charge is 2.38. The number of nitrogens with zero attached hydrogens (tertiary/aromatic N) is 4. The third kappa shape index (κ3) is 3.99. The summed E-state index contributed by atoms with van der Waals surface area (Å²) in [4.78, 5) is 17.2. The predicted octanol–water partition coefficient (Wildman–Crippen LogP) is 5.86. The zero-order valence-corrected chi connectivity index (χ0v) is 20.2. The summed E-state index contributed by atoms with van der Waals surface area (Å²) in [5.74, 6) is 0.168. The van der Waals surface area contributed by atoms with Crippen LogP contribution in [0.5, 0.6) is 0 Å². The topological polar surface area (TPSA) is 73.8 Å². The number of fused-ring (bicyclic) bond motifs is 1. The highest BCUT2D eigenvalue weighted by molar-refractivity contribution is 8.27. The van der Waals surface area contributed by atoms with E-state index in [2.05, 4.69) is 53.7 Å². The van der Waals surface area contributed by atoms with Gasteiger partial charge in [0, 0.05) is 23.0 Å². The van der Waals surface area contributed by atoms with Gasteiger partial charge < -0.3 is 4.57 Å². The molecule has 0 unspecified atom stereocenters. The second kappa shape index (κ2) is 8.78. The van der Waals surface area contributed by atoms with Gasteiger partial charge in [0.25, 0.3) is 5.91 Å². The zero-order chi connectivity index (χ0) is 23.1. The molecule has 170 valence electrons.